The zero-order chi connectivity index (χ0) is 15.2. The molecule has 0 heterocycles. The Balaban J connectivity index is 0.000000493. The molecule has 0 aromatic rings. The van der Waals surface area contributed by atoms with E-state index >= 15 is 0 Å². The number of carboxylic acid groups (broad SMARTS) is 2. The third-order valence-electron chi connectivity index (χ3n) is 3.71. The van der Waals surface area contributed by atoms with Crippen molar-refractivity contribution in [1.29, 1.82) is 0 Å². The minimum Gasteiger partial charge on any atom is -0.481 e. The van der Waals surface area contributed by atoms with Crippen LogP contribution in [0.25, 0.3) is 0 Å². The second-order valence-electron chi connectivity index (χ2n) is 5.58. The lowest BCUT2D eigenvalue weighted by Crippen LogP contribution is -2.15. The molecule has 1 saturated carbocycles. The molecular formula is C16H30O4. The highest BCUT2D eigenvalue weighted by Crippen LogP contribution is 2.16. The average Bonchev–Trinajstić information content (AvgIpc) is 2.44. The summed E-state index contributed by atoms with van der Waals surface area (Å²) in [6, 6.07) is 0. The van der Waals surface area contributed by atoms with E-state index in [1.54, 1.807) is 0 Å². The van der Waals surface area contributed by atoms with Crippen molar-refractivity contribution in [1.82, 2.24) is 0 Å². The smallest absolute Gasteiger partial charge is 0.306 e. The zero-order valence-corrected chi connectivity index (χ0v) is 12.8. The van der Waals surface area contributed by atoms with E-state index in [1.807, 2.05) is 6.92 Å². The van der Waals surface area contributed by atoms with Gasteiger partial charge in [0.05, 0.1) is 5.92 Å². The van der Waals surface area contributed by atoms with E-state index in [0.717, 1.165) is 19.3 Å². The molecule has 0 bridgehead atoms. The van der Waals surface area contributed by atoms with Crippen molar-refractivity contribution in [2.24, 2.45) is 5.92 Å². The summed E-state index contributed by atoms with van der Waals surface area (Å²) < 4.78 is 0. The molecule has 2 N–H and O–H groups in total. The van der Waals surface area contributed by atoms with Gasteiger partial charge in [-0.15, -0.1) is 0 Å². The molecule has 118 valence electrons. The van der Waals surface area contributed by atoms with E-state index < -0.39 is 17.9 Å². The van der Waals surface area contributed by atoms with Crippen molar-refractivity contribution >= 4 is 11.9 Å². The molecule has 1 fully saturated rings. The number of rotatable bonds is 8. The molecule has 0 aromatic heterocycles. The molecule has 0 aromatic carbocycles. The van der Waals surface area contributed by atoms with E-state index in [2.05, 4.69) is 0 Å². The molecule has 1 unspecified atom stereocenters. The van der Waals surface area contributed by atoms with Gasteiger partial charge in [-0.3, -0.25) is 9.59 Å². The van der Waals surface area contributed by atoms with Gasteiger partial charge < -0.3 is 10.2 Å². The monoisotopic (exact) mass is 286 g/mol. The molecule has 1 aliphatic carbocycles. The van der Waals surface area contributed by atoms with Crippen LogP contribution in [0.2, 0.25) is 0 Å². The highest BCUT2D eigenvalue weighted by molar-refractivity contribution is 5.72. The number of carbonyl (C=O) groups is 2. The van der Waals surface area contributed by atoms with Gasteiger partial charge in [-0.05, 0) is 12.8 Å². The molecule has 1 atom stereocenters. The van der Waals surface area contributed by atoms with Gasteiger partial charge in [0.1, 0.15) is 0 Å². The lowest BCUT2D eigenvalue weighted by atomic mass is 9.96. The van der Waals surface area contributed by atoms with Crippen LogP contribution in [0, 0.1) is 5.92 Å². The van der Waals surface area contributed by atoms with E-state index in [4.69, 9.17) is 10.2 Å². The zero-order valence-electron chi connectivity index (χ0n) is 12.8. The maximum Gasteiger partial charge on any atom is 0.306 e. The maximum atomic E-state index is 10.7. The molecule has 0 spiro atoms. The fraction of sp³-hybridized carbons (Fsp3) is 0.875. The number of unbranched alkanes of at least 4 members (excludes halogenated alkanes) is 2. The van der Waals surface area contributed by atoms with Crippen molar-refractivity contribution in [2.45, 2.75) is 84.0 Å². The summed E-state index contributed by atoms with van der Waals surface area (Å²) in [6.07, 6.45) is 12.7. The lowest BCUT2D eigenvalue weighted by Gasteiger charge is -2.09. The van der Waals surface area contributed by atoms with Gasteiger partial charge in [-0.25, -0.2) is 0 Å². The van der Waals surface area contributed by atoms with Crippen LogP contribution in [0.1, 0.15) is 84.0 Å². The molecular weight excluding hydrogens is 256 g/mol. The first-order valence-corrected chi connectivity index (χ1v) is 8.02. The maximum absolute atomic E-state index is 10.7. The van der Waals surface area contributed by atoms with Crippen LogP contribution < -0.4 is 0 Å². The summed E-state index contributed by atoms with van der Waals surface area (Å²) in [5.74, 6) is -2.29. The first kappa shape index (κ1) is 18.9. The van der Waals surface area contributed by atoms with Gasteiger partial charge in [0.2, 0.25) is 0 Å². The summed E-state index contributed by atoms with van der Waals surface area (Å²) in [6.45, 7) is 2.05. The topological polar surface area (TPSA) is 74.6 Å². The Labute approximate surface area is 122 Å². The highest BCUT2D eigenvalue weighted by Gasteiger charge is 2.17. The van der Waals surface area contributed by atoms with Crippen molar-refractivity contribution in [3.63, 3.8) is 0 Å². The van der Waals surface area contributed by atoms with Gasteiger partial charge in [0.15, 0.2) is 0 Å². The molecule has 4 nitrogen and oxygen atoms in total. The largest absolute Gasteiger partial charge is 0.481 e. The number of hydrogen-bond acceptors (Lipinski definition) is 2. The van der Waals surface area contributed by atoms with E-state index in [-0.39, 0.29) is 12.8 Å². The van der Waals surface area contributed by atoms with Crippen LogP contribution in [-0.2, 0) is 9.59 Å². The quantitative estimate of drug-likeness (QED) is 0.645. The molecule has 1 aliphatic rings. The summed E-state index contributed by atoms with van der Waals surface area (Å²) in [5, 5.41) is 17.2. The Kier molecular flexibility index (Phi) is 12.3. The van der Waals surface area contributed by atoms with E-state index in [9.17, 15) is 9.59 Å². The summed E-state index contributed by atoms with van der Waals surface area (Å²) in [7, 11) is 0. The third kappa shape index (κ3) is 12.0. The van der Waals surface area contributed by atoms with Crippen molar-refractivity contribution in [3.05, 3.63) is 0 Å². The van der Waals surface area contributed by atoms with Gasteiger partial charge >= 0.3 is 11.9 Å². The Morgan fingerprint density at radius 1 is 0.900 bits per heavy atom. The highest BCUT2D eigenvalue weighted by atomic mass is 16.4. The lowest BCUT2D eigenvalue weighted by molar-refractivity contribution is -0.143. The van der Waals surface area contributed by atoms with E-state index in [1.165, 1.54) is 38.5 Å². The van der Waals surface area contributed by atoms with Crippen LogP contribution in [0.5, 0.6) is 0 Å². The van der Waals surface area contributed by atoms with Gasteiger partial charge in [0.25, 0.3) is 0 Å². The average molecular weight is 286 g/mol. The minimum atomic E-state index is -0.924. The predicted molar refractivity (Wildman–Crippen MR) is 79.8 cm³/mol. The number of aliphatic carboxylic acids is 2. The summed E-state index contributed by atoms with van der Waals surface area (Å²) in [5.41, 5.74) is 0. The SMILES string of the molecule is C1CCCCC1.CCCCCC(CCC(=O)O)C(=O)O. The summed E-state index contributed by atoms with van der Waals surface area (Å²) in [4.78, 5) is 21.0. The van der Waals surface area contributed by atoms with Gasteiger partial charge in [-0.2, -0.15) is 0 Å². The molecule has 4 heteroatoms. The van der Waals surface area contributed by atoms with E-state index in [0.29, 0.717) is 6.42 Å². The predicted octanol–water partition coefficient (Wildman–Crippen LogP) is 4.47. The Morgan fingerprint density at radius 2 is 1.40 bits per heavy atom. The Bertz CT molecular complexity index is 248. The van der Waals surface area contributed by atoms with Crippen LogP contribution in [0.4, 0.5) is 0 Å². The first-order valence-electron chi connectivity index (χ1n) is 8.02. The molecule has 0 aliphatic heterocycles. The van der Waals surface area contributed by atoms with Crippen LogP contribution in [-0.4, -0.2) is 22.2 Å². The second-order valence-corrected chi connectivity index (χ2v) is 5.58. The van der Waals surface area contributed by atoms with Crippen LogP contribution >= 0.6 is 0 Å². The first-order chi connectivity index (χ1) is 9.57. The van der Waals surface area contributed by atoms with Crippen molar-refractivity contribution < 1.29 is 19.8 Å². The standard InChI is InChI=1S/C10H18O4.C6H12/c1-2-3-4-5-8(10(13)14)6-7-9(11)12;1-2-4-6-5-3-1/h8H,2-7H2,1H3,(H,11,12)(H,13,14);1-6H2. The number of carboxylic acids is 2. The summed E-state index contributed by atoms with van der Waals surface area (Å²) >= 11 is 0. The third-order valence-corrected chi connectivity index (χ3v) is 3.71. The van der Waals surface area contributed by atoms with Crippen molar-refractivity contribution in [3.8, 4) is 0 Å². The minimum absolute atomic E-state index is 0.0525. The van der Waals surface area contributed by atoms with Gasteiger partial charge in [-0.1, -0.05) is 64.7 Å². The molecule has 0 radical (unpaired) electrons. The normalized spacial score (nSPS) is 15.8. The fourth-order valence-electron chi connectivity index (χ4n) is 2.39. The number of hydrogen-bond donors (Lipinski definition) is 2. The second kappa shape index (κ2) is 12.9. The van der Waals surface area contributed by atoms with Crippen molar-refractivity contribution in [2.75, 3.05) is 0 Å². The van der Waals surface area contributed by atoms with Gasteiger partial charge in [0, 0.05) is 6.42 Å². The fourth-order valence-corrected chi connectivity index (χ4v) is 2.39. The molecule has 0 saturated heterocycles. The molecule has 20 heavy (non-hydrogen) atoms. The molecule has 0 amide bonds. The molecule has 1 rings (SSSR count). The van der Waals surface area contributed by atoms with Crippen LogP contribution in [0.3, 0.4) is 0 Å². The Hall–Kier alpha value is -1.06. The Morgan fingerprint density at radius 3 is 1.75 bits per heavy atom. The van der Waals surface area contributed by atoms with Crippen LogP contribution in [0.15, 0.2) is 0 Å².